The summed E-state index contributed by atoms with van der Waals surface area (Å²) in [6, 6.07) is 18.0. The molecule has 4 rings (SSSR count). The van der Waals surface area contributed by atoms with Crippen molar-refractivity contribution in [2.45, 2.75) is 30.7 Å². The summed E-state index contributed by atoms with van der Waals surface area (Å²) in [6.45, 7) is 0.337. The molecule has 0 amide bonds. The molecular formula is C20H21NO5. The van der Waals surface area contributed by atoms with Gasteiger partial charge in [-0.1, -0.05) is 42.5 Å². The third kappa shape index (κ3) is 3.12. The van der Waals surface area contributed by atoms with E-state index in [2.05, 4.69) is 17.1 Å². The minimum Gasteiger partial charge on any atom is -0.468 e. The van der Waals surface area contributed by atoms with Crippen molar-refractivity contribution in [2.24, 2.45) is 4.99 Å². The Morgan fingerprint density at radius 2 is 1.58 bits per heavy atom. The molecule has 0 bridgehead atoms. The second kappa shape index (κ2) is 7.17. The highest BCUT2D eigenvalue weighted by Gasteiger charge is 2.48. The third-order valence-corrected chi connectivity index (χ3v) is 4.77. The highest BCUT2D eigenvalue weighted by atomic mass is 16.7. The van der Waals surface area contributed by atoms with Crippen molar-refractivity contribution in [2.75, 3.05) is 13.7 Å². The number of aliphatic hydroxyl groups is 2. The first-order valence-electron chi connectivity index (χ1n) is 8.59. The molecule has 2 aromatic rings. The number of ether oxygens (including phenoxy) is 3. The number of rotatable bonds is 3. The van der Waals surface area contributed by atoms with Crippen LogP contribution in [0.5, 0.6) is 0 Å². The van der Waals surface area contributed by atoms with E-state index in [0.29, 0.717) is 12.4 Å². The van der Waals surface area contributed by atoms with E-state index in [9.17, 15) is 10.2 Å². The molecule has 2 N–H and O–H groups in total. The van der Waals surface area contributed by atoms with Crippen LogP contribution in [0.3, 0.4) is 0 Å². The fourth-order valence-electron chi connectivity index (χ4n) is 3.33. The van der Waals surface area contributed by atoms with Crippen LogP contribution in [0.2, 0.25) is 0 Å². The molecule has 0 radical (unpaired) electrons. The molecule has 0 aromatic heterocycles. The Morgan fingerprint density at radius 1 is 0.923 bits per heavy atom. The second-order valence-electron chi connectivity index (χ2n) is 6.43. The molecule has 2 aliphatic rings. The van der Waals surface area contributed by atoms with Crippen LogP contribution in [0, 0.1) is 0 Å². The summed E-state index contributed by atoms with van der Waals surface area (Å²) < 4.78 is 16.5. The molecule has 1 fully saturated rings. The average Bonchev–Trinajstić information content (AvgIpc) is 2.71. The average molecular weight is 355 g/mol. The molecular weight excluding hydrogens is 334 g/mol. The van der Waals surface area contributed by atoms with Crippen molar-refractivity contribution in [3.05, 3.63) is 60.2 Å². The second-order valence-corrected chi connectivity index (χ2v) is 6.43. The van der Waals surface area contributed by atoms with Crippen LogP contribution in [-0.4, -0.2) is 60.5 Å². The van der Waals surface area contributed by atoms with Crippen LogP contribution >= 0.6 is 0 Å². The van der Waals surface area contributed by atoms with Gasteiger partial charge in [-0.15, -0.1) is 0 Å². The molecule has 0 saturated carbocycles. The van der Waals surface area contributed by atoms with E-state index in [1.807, 2.05) is 42.5 Å². The summed E-state index contributed by atoms with van der Waals surface area (Å²) in [5, 5.41) is 20.4. The van der Waals surface area contributed by atoms with Crippen molar-refractivity contribution in [3.8, 4) is 11.1 Å². The van der Waals surface area contributed by atoms with Gasteiger partial charge in [0.1, 0.15) is 18.3 Å². The summed E-state index contributed by atoms with van der Waals surface area (Å²) >= 11 is 0. The molecule has 5 atom stereocenters. The molecule has 6 nitrogen and oxygen atoms in total. The van der Waals surface area contributed by atoms with Crippen LogP contribution in [0.4, 0.5) is 0 Å². The van der Waals surface area contributed by atoms with E-state index in [-0.39, 0.29) is 0 Å². The van der Waals surface area contributed by atoms with E-state index < -0.39 is 30.7 Å². The summed E-state index contributed by atoms with van der Waals surface area (Å²) in [5.74, 6) is 0.441. The molecule has 2 aromatic carbocycles. The molecule has 26 heavy (non-hydrogen) atoms. The summed E-state index contributed by atoms with van der Waals surface area (Å²) in [6.07, 6.45) is -4.28. The highest BCUT2D eigenvalue weighted by Crippen LogP contribution is 2.28. The summed E-state index contributed by atoms with van der Waals surface area (Å²) in [4.78, 5) is 4.44. The van der Waals surface area contributed by atoms with Gasteiger partial charge in [-0.05, 0) is 23.3 Å². The van der Waals surface area contributed by atoms with Gasteiger partial charge >= 0.3 is 0 Å². The lowest BCUT2D eigenvalue weighted by Crippen LogP contribution is -2.61. The number of nitrogens with zero attached hydrogens (tertiary/aromatic N) is 1. The Morgan fingerprint density at radius 3 is 2.27 bits per heavy atom. The maximum atomic E-state index is 10.3. The minimum atomic E-state index is -1.17. The smallest absolute Gasteiger partial charge is 0.216 e. The van der Waals surface area contributed by atoms with Crippen molar-refractivity contribution in [1.82, 2.24) is 0 Å². The Labute approximate surface area is 151 Å². The Kier molecular flexibility index (Phi) is 4.74. The molecule has 1 saturated heterocycles. The number of hydrogen-bond donors (Lipinski definition) is 2. The van der Waals surface area contributed by atoms with E-state index in [4.69, 9.17) is 14.2 Å². The Hall–Kier alpha value is -2.25. The molecule has 136 valence electrons. The van der Waals surface area contributed by atoms with Gasteiger partial charge in [-0.3, -0.25) is 0 Å². The number of benzene rings is 2. The lowest BCUT2D eigenvalue weighted by atomic mass is 9.97. The lowest BCUT2D eigenvalue weighted by Gasteiger charge is -2.43. The number of methoxy groups -OCH3 is 1. The van der Waals surface area contributed by atoms with Crippen LogP contribution in [0.15, 0.2) is 59.6 Å². The van der Waals surface area contributed by atoms with Gasteiger partial charge in [0.25, 0.3) is 0 Å². The maximum absolute atomic E-state index is 10.3. The van der Waals surface area contributed by atoms with Gasteiger partial charge in [0.15, 0.2) is 12.4 Å². The molecule has 0 aliphatic carbocycles. The van der Waals surface area contributed by atoms with Crippen LogP contribution in [0.25, 0.3) is 11.1 Å². The van der Waals surface area contributed by atoms with E-state index in [0.717, 1.165) is 16.7 Å². The first-order valence-corrected chi connectivity index (χ1v) is 8.59. The topological polar surface area (TPSA) is 80.5 Å². The zero-order chi connectivity index (χ0) is 18.1. The lowest BCUT2D eigenvalue weighted by molar-refractivity contribution is -0.287. The molecule has 6 heteroatoms. The van der Waals surface area contributed by atoms with Gasteiger partial charge < -0.3 is 24.4 Å². The number of aliphatic hydroxyl groups excluding tert-OH is 2. The van der Waals surface area contributed by atoms with Crippen molar-refractivity contribution < 1.29 is 24.4 Å². The Bertz CT molecular complexity index is 777. The zero-order valence-electron chi connectivity index (χ0n) is 14.4. The molecule has 0 unspecified atom stereocenters. The van der Waals surface area contributed by atoms with Crippen molar-refractivity contribution >= 4 is 5.90 Å². The predicted molar refractivity (Wildman–Crippen MR) is 95.8 cm³/mol. The zero-order valence-corrected chi connectivity index (χ0v) is 14.4. The number of aliphatic imine (C=N–C) groups is 1. The molecule has 2 heterocycles. The number of hydrogen-bond acceptors (Lipinski definition) is 6. The standard InChI is InChI=1S/C20H21NO5/c1-24-20-17(23)16(22)18-15(25-20)11-21-19(26-18)14-9-7-13(8-10-14)12-5-3-2-4-6-12/h2-10,15-18,20,22-23H,11H2,1H3/t15-,16-,17-,18-,20+/m1/s1. The van der Waals surface area contributed by atoms with Crippen molar-refractivity contribution in [3.63, 3.8) is 0 Å². The third-order valence-electron chi connectivity index (χ3n) is 4.77. The van der Waals surface area contributed by atoms with Gasteiger partial charge in [0.2, 0.25) is 5.90 Å². The van der Waals surface area contributed by atoms with Gasteiger partial charge in [0, 0.05) is 12.7 Å². The van der Waals surface area contributed by atoms with E-state index in [1.165, 1.54) is 7.11 Å². The van der Waals surface area contributed by atoms with Gasteiger partial charge in [-0.25, -0.2) is 4.99 Å². The first kappa shape index (κ1) is 17.2. The van der Waals surface area contributed by atoms with Crippen LogP contribution in [-0.2, 0) is 14.2 Å². The largest absolute Gasteiger partial charge is 0.468 e. The normalized spacial score (nSPS) is 30.9. The van der Waals surface area contributed by atoms with Gasteiger partial charge in [-0.2, -0.15) is 0 Å². The first-order chi connectivity index (χ1) is 12.7. The van der Waals surface area contributed by atoms with Crippen LogP contribution in [0.1, 0.15) is 5.56 Å². The number of fused-ring (bicyclic) bond motifs is 1. The molecule has 0 spiro atoms. The van der Waals surface area contributed by atoms with Crippen molar-refractivity contribution in [1.29, 1.82) is 0 Å². The monoisotopic (exact) mass is 355 g/mol. The summed E-state index contributed by atoms with van der Waals surface area (Å²) in [7, 11) is 1.42. The van der Waals surface area contributed by atoms with E-state index in [1.54, 1.807) is 0 Å². The quantitative estimate of drug-likeness (QED) is 0.874. The van der Waals surface area contributed by atoms with Crippen LogP contribution < -0.4 is 0 Å². The SMILES string of the molecule is CO[C@H]1O[C@@H]2CN=C(c3ccc(-c4ccccc4)cc3)O[C@H]2[C@H](O)[C@H]1O. The minimum absolute atomic E-state index is 0.337. The maximum Gasteiger partial charge on any atom is 0.216 e. The fraction of sp³-hybridized carbons (Fsp3) is 0.350. The Balaban J connectivity index is 1.53. The fourth-order valence-corrected chi connectivity index (χ4v) is 3.33. The highest BCUT2D eigenvalue weighted by molar-refractivity contribution is 5.95. The van der Waals surface area contributed by atoms with E-state index >= 15 is 0 Å². The van der Waals surface area contributed by atoms with Gasteiger partial charge in [0.05, 0.1) is 6.54 Å². The summed E-state index contributed by atoms with van der Waals surface area (Å²) in [5.41, 5.74) is 3.05. The predicted octanol–water partition coefficient (Wildman–Crippen LogP) is 1.59. The molecule has 2 aliphatic heterocycles.